The second kappa shape index (κ2) is 3.56. The number of nitrogens with zero attached hydrogens (tertiary/aromatic N) is 2. The quantitative estimate of drug-likeness (QED) is 0.444. The molecule has 0 radical (unpaired) electrons. The lowest BCUT2D eigenvalue weighted by Gasteiger charge is -2.20. The van der Waals surface area contributed by atoms with Crippen LogP contribution in [-0.4, -0.2) is 38.0 Å². The first-order chi connectivity index (χ1) is 6.35. The summed E-state index contributed by atoms with van der Waals surface area (Å²) in [6.45, 7) is 2.44. The highest BCUT2D eigenvalue weighted by atomic mass is 15.3. The molecule has 1 N–H and O–H groups in total. The Balaban J connectivity index is 1.98. The molecule has 2 fully saturated rings. The van der Waals surface area contributed by atoms with E-state index in [1.54, 1.807) is 0 Å². The molecule has 2 atom stereocenters. The summed E-state index contributed by atoms with van der Waals surface area (Å²) in [6.07, 6.45) is 4.31. The lowest BCUT2D eigenvalue weighted by molar-refractivity contribution is 0.450. The molecule has 1 heterocycles. The molecule has 0 aromatic carbocycles. The van der Waals surface area contributed by atoms with E-state index in [0.29, 0.717) is 0 Å². The fraction of sp³-hybridized carbons (Fsp3) is 0.900. The Morgan fingerprint density at radius 1 is 1.31 bits per heavy atom. The molecule has 2 unspecified atom stereocenters. The van der Waals surface area contributed by atoms with Crippen LogP contribution >= 0.6 is 0 Å². The monoisotopic (exact) mass is 181 g/mol. The molecule has 13 heavy (non-hydrogen) atoms. The number of hydrogen-bond donors (Lipinski definition) is 1. The van der Waals surface area contributed by atoms with E-state index in [2.05, 4.69) is 15.2 Å². The number of fused-ring (bicyclic) bond motifs is 1. The number of nitrogens with one attached hydrogen (secondary N) is 1. The molecule has 3 nitrogen and oxygen atoms in total. The molecule has 0 aromatic rings. The summed E-state index contributed by atoms with van der Waals surface area (Å²) in [5, 5.41) is 3.16. The zero-order valence-electron chi connectivity index (χ0n) is 8.58. The summed E-state index contributed by atoms with van der Waals surface area (Å²) >= 11 is 0. The van der Waals surface area contributed by atoms with Crippen molar-refractivity contribution in [2.24, 2.45) is 16.8 Å². The van der Waals surface area contributed by atoms with Gasteiger partial charge in [0.2, 0.25) is 0 Å². The Labute approximate surface area is 80.2 Å². The molecule has 1 aliphatic carbocycles. The third-order valence-corrected chi connectivity index (χ3v) is 3.46. The van der Waals surface area contributed by atoms with Crippen LogP contribution in [0.1, 0.15) is 19.3 Å². The van der Waals surface area contributed by atoms with Crippen LogP contribution in [0, 0.1) is 11.8 Å². The minimum Gasteiger partial charge on any atom is -0.359 e. The first kappa shape index (κ1) is 8.85. The molecule has 0 bridgehead atoms. The SMILES string of the molecule is CN=C(NC)N1CC2CCCC2C1. The van der Waals surface area contributed by atoms with Gasteiger partial charge in [-0.3, -0.25) is 4.99 Å². The zero-order chi connectivity index (χ0) is 9.26. The molecule has 1 aliphatic heterocycles. The summed E-state index contributed by atoms with van der Waals surface area (Å²) in [5.74, 6) is 2.96. The van der Waals surface area contributed by atoms with Crippen LogP contribution in [0.2, 0.25) is 0 Å². The van der Waals surface area contributed by atoms with E-state index in [4.69, 9.17) is 0 Å². The Morgan fingerprint density at radius 2 is 1.92 bits per heavy atom. The average molecular weight is 181 g/mol. The Hall–Kier alpha value is -0.730. The number of rotatable bonds is 0. The summed E-state index contributed by atoms with van der Waals surface area (Å²) in [5.41, 5.74) is 0. The van der Waals surface area contributed by atoms with Crippen LogP contribution in [0.5, 0.6) is 0 Å². The zero-order valence-corrected chi connectivity index (χ0v) is 8.58. The van der Waals surface area contributed by atoms with Crippen LogP contribution in [0.15, 0.2) is 4.99 Å². The molecule has 1 saturated carbocycles. The minimum atomic E-state index is 0.949. The van der Waals surface area contributed by atoms with Gasteiger partial charge >= 0.3 is 0 Å². The molecule has 0 aromatic heterocycles. The Kier molecular flexibility index (Phi) is 2.42. The van der Waals surface area contributed by atoms with E-state index in [-0.39, 0.29) is 0 Å². The molecule has 2 rings (SSSR count). The highest BCUT2D eigenvalue weighted by molar-refractivity contribution is 5.79. The van der Waals surface area contributed by atoms with Gasteiger partial charge in [0.25, 0.3) is 0 Å². The van der Waals surface area contributed by atoms with Gasteiger partial charge in [-0.25, -0.2) is 0 Å². The van der Waals surface area contributed by atoms with E-state index < -0.39 is 0 Å². The molecule has 3 heteroatoms. The van der Waals surface area contributed by atoms with Gasteiger partial charge in [0, 0.05) is 27.2 Å². The third kappa shape index (κ3) is 1.52. The maximum Gasteiger partial charge on any atom is 0.193 e. The van der Waals surface area contributed by atoms with Gasteiger partial charge in [0.05, 0.1) is 0 Å². The third-order valence-electron chi connectivity index (χ3n) is 3.46. The lowest BCUT2D eigenvalue weighted by atomic mass is 10.0. The van der Waals surface area contributed by atoms with Gasteiger partial charge in [-0.1, -0.05) is 6.42 Å². The summed E-state index contributed by atoms with van der Waals surface area (Å²) in [4.78, 5) is 6.64. The van der Waals surface area contributed by atoms with Crippen molar-refractivity contribution in [2.75, 3.05) is 27.2 Å². The maximum atomic E-state index is 4.25. The number of likely N-dealkylation sites (tertiary alicyclic amines) is 1. The van der Waals surface area contributed by atoms with Crippen molar-refractivity contribution in [3.05, 3.63) is 0 Å². The smallest absolute Gasteiger partial charge is 0.193 e. The molecule has 1 saturated heterocycles. The van der Waals surface area contributed by atoms with Crippen LogP contribution in [0.25, 0.3) is 0 Å². The van der Waals surface area contributed by atoms with Crippen LogP contribution in [-0.2, 0) is 0 Å². The van der Waals surface area contributed by atoms with E-state index >= 15 is 0 Å². The van der Waals surface area contributed by atoms with Gasteiger partial charge < -0.3 is 10.2 Å². The predicted octanol–water partition coefficient (Wildman–Crippen LogP) is 0.923. The number of aliphatic imine (C=N–C) groups is 1. The van der Waals surface area contributed by atoms with Crippen molar-refractivity contribution in [3.8, 4) is 0 Å². The summed E-state index contributed by atoms with van der Waals surface area (Å²) < 4.78 is 0. The normalized spacial score (nSPS) is 33.7. The second-order valence-corrected chi connectivity index (χ2v) is 4.15. The van der Waals surface area contributed by atoms with Crippen molar-refractivity contribution in [2.45, 2.75) is 19.3 Å². The minimum absolute atomic E-state index is 0.949. The molecular weight excluding hydrogens is 162 g/mol. The van der Waals surface area contributed by atoms with Crippen molar-refractivity contribution in [3.63, 3.8) is 0 Å². The van der Waals surface area contributed by atoms with Crippen molar-refractivity contribution >= 4 is 5.96 Å². The molecule has 2 aliphatic rings. The van der Waals surface area contributed by atoms with Crippen LogP contribution in [0.4, 0.5) is 0 Å². The second-order valence-electron chi connectivity index (χ2n) is 4.15. The van der Waals surface area contributed by atoms with Gasteiger partial charge in [-0.05, 0) is 24.7 Å². The molecular formula is C10H19N3. The highest BCUT2D eigenvalue weighted by Gasteiger charge is 2.36. The van der Waals surface area contributed by atoms with Crippen molar-refractivity contribution in [1.29, 1.82) is 0 Å². The van der Waals surface area contributed by atoms with E-state index in [1.165, 1.54) is 32.4 Å². The molecule has 74 valence electrons. The molecule has 0 spiro atoms. The van der Waals surface area contributed by atoms with Gasteiger partial charge in [0.15, 0.2) is 5.96 Å². The Morgan fingerprint density at radius 3 is 2.38 bits per heavy atom. The molecule has 0 amide bonds. The number of hydrogen-bond acceptors (Lipinski definition) is 1. The predicted molar refractivity (Wildman–Crippen MR) is 54.8 cm³/mol. The fourth-order valence-corrected chi connectivity index (χ4v) is 2.82. The van der Waals surface area contributed by atoms with Crippen molar-refractivity contribution in [1.82, 2.24) is 10.2 Å². The largest absolute Gasteiger partial charge is 0.359 e. The Bertz CT molecular complexity index is 200. The topological polar surface area (TPSA) is 27.6 Å². The number of guanidine groups is 1. The van der Waals surface area contributed by atoms with Crippen LogP contribution in [0.3, 0.4) is 0 Å². The lowest BCUT2D eigenvalue weighted by Crippen LogP contribution is -2.38. The van der Waals surface area contributed by atoms with E-state index in [1.807, 2.05) is 14.1 Å². The van der Waals surface area contributed by atoms with Gasteiger partial charge in [-0.2, -0.15) is 0 Å². The van der Waals surface area contributed by atoms with E-state index in [0.717, 1.165) is 17.8 Å². The van der Waals surface area contributed by atoms with E-state index in [9.17, 15) is 0 Å². The van der Waals surface area contributed by atoms with Crippen LogP contribution < -0.4 is 5.32 Å². The van der Waals surface area contributed by atoms with Gasteiger partial charge in [0.1, 0.15) is 0 Å². The van der Waals surface area contributed by atoms with Gasteiger partial charge in [-0.15, -0.1) is 0 Å². The first-order valence-electron chi connectivity index (χ1n) is 5.24. The van der Waals surface area contributed by atoms with Crippen molar-refractivity contribution < 1.29 is 0 Å². The summed E-state index contributed by atoms with van der Waals surface area (Å²) in [6, 6.07) is 0. The average Bonchev–Trinajstić information content (AvgIpc) is 2.65. The fourth-order valence-electron chi connectivity index (χ4n) is 2.82. The first-order valence-corrected chi connectivity index (χ1v) is 5.24. The summed E-state index contributed by atoms with van der Waals surface area (Å²) in [7, 11) is 3.82. The highest BCUT2D eigenvalue weighted by Crippen LogP contribution is 2.37. The maximum absolute atomic E-state index is 4.25. The standard InChI is InChI=1S/C10H19N3/c1-11-10(12-2)13-6-8-4-3-5-9(8)7-13/h8-9H,3-7H2,1-2H3,(H,11,12).